The first-order valence-electron chi connectivity index (χ1n) is 9.67. The van der Waals surface area contributed by atoms with Crippen molar-refractivity contribution >= 4 is 33.4 Å². The van der Waals surface area contributed by atoms with Gasteiger partial charge in [0.15, 0.2) is 0 Å². The maximum atomic E-state index is 13.4. The van der Waals surface area contributed by atoms with Gasteiger partial charge < -0.3 is 0 Å². The van der Waals surface area contributed by atoms with Gasteiger partial charge in [-0.2, -0.15) is 0 Å². The van der Waals surface area contributed by atoms with Crippen LogP contribution in [0.5, 0.6) is 0 Å². The third-order valence-corrected chi connectivity index (χ3v) is 8.04. The van der Waals surface area contributed by atoms with Gasteiger partial charge in [0.05, 0.1) is 17.5 Å². The average Bonchev–Trinajstić information content (AvgIpc) is 3.33. The van der Waals surface area contributed by atoms with E-state index in [-0.39, 0.29) is 23.7 Å². The summed E-state index contributed by atoms with van der Waals surface area (Å²) in [6, 6.07) is 14.3. The van der Waals surface area contributed by atoms with Gasteiger partial charge in [-0.15, -0.1) is 0 Å². The number of anilines is 1. The molecule has 1 saturated heterocycles. The van der Waals surface area contributed by atoms with Crippen LogP contribution in [0.3, 0.4) is 0 Å². The fourth-order valence-corrected chi connectivity index (χ4v) is 6.23. The highest BCUT2D eigenvalue weighted by atomic mass is 79.9. The number of imide groups is 1. The van der Waals surface area contributed by atoms with Gasteiger partial charge in [-0.05, 0) is 73.3 Å². The van der Waals surface area contributed by atoms with E-state index in [9.17, 15) is 9.59 Å². The van der Waals surface area contributed by atoms with Gasteiger partial charge in [-0.25, -0.2) is 4.90 Å². The molecular formula is C23H22BrNO2. The molecular weight excluding hydrogens is 402 g/mol. The van der Waals surface area contributed by atoms with E-state index in [0.717, 1.165) is 34.1 Å². The molecule has 2 amide bonds. The lowest BCUT2D eigenvalue weighted by molar-refractivity contribution is -0.123. The van der Waals surface area contributed by atoms with Crippen molar-refractivity contribution in [1.29, 1.82) is 0 Å². The topological polar surface area (TPSA) is 37.4 Å². The summed E-state index contributed by atoms with van der Waals surface area (Å²) in [5, 5.41) is 0. The number of hydrogen-bond donors (Lipinski definition) is 0. The van der Waals surface area contributed by atoms with E-state index >= 15 is 0 Å². The molecule has 5 atom stereocenters. The highest BCUT2D eigenvalue weighted by Crippen LogP contribution is 2.62. The van der Waals surface area contributed by atoms with Crippen LogP contribution in [-0.4, -0.2) is 11.8 Å². The Morgan fingerprint density at radius 1 is 0.889 bits per heavy atom. The maximum absolute atomic E-state index is 13.4. The van der Waals surface area contributed by atoms with Crippen LogP contribution in [0, 0.1) is 37.5 Å². The molecule has 138 valence electrons. The van der Waals surface area contributed by atoms with Crippen LogP contribution in [0.2, 0.25) is 0 Å². The Morgan fingerprint density at radius 3 is 2.33 bits per heavy atom. The van der Waals surface area contributed by atoms with Gasteiger partial charge in [-0.3, -0.25) is 9.59 Å². The molecule has 1 heterocycles. The second-order valence-corrected chi connectivity index (χ2v) is 9.15. The highest BCUT2D eigenvalue weighted by Gasteiger charge is 2.64. The van der Waals surface area contributed by atoms with E-state index in [1.807, 2.05) is 32.0 Å². The first kappa shape index (κ1) is 17.2. The molecule has 2 aliphatic carbocycles. The third kappa shape index (κ3) is 2.32. The van der Waals surface area contributed by atoms with E-state index in [2.05, 4.69) is 40.2 Å². The summed E-state index contributed by atoms with van der Waals surface area (Å²) in [7, 11) is 0. The number of halogens is 1. The molecule has 2 bridgehead atoms. The minimum absolute atomic E-state index is 0.0166. The van der Waals surface area contributed by atoms with Gasteiger partial charge in [0.2, 0.25) is 11.8 Å². The van der Waals surface area contributed by atoms with Crippen molar-refractivity contribution in [3.05, 3.63) is 63.6 Å². The molecule has 0 unspecified atom stereocenters. The molecule has 0 spiro atoms. The lowest BCUT2D eigenvalue weighted by Crippen LogP contribution is -2.33. The standard InChI is InChI=1S/C23H22BrNO2/c1-12-13(2)19(9-8-18(12)24)25-22(26)20-15-10-16(14-6-4-3-5-7-14)17(11-15)21(20)23(25)27/h3-9,15-17,20-21H,10-11H2,1-2H3/t15-,16-,17+,20+,21-/m0/s1. The SMILES string of the molecule is Cc1c(Br)ccc(N2C(=O)[C@@H]3[C@@H]4C[C@@H]([C@@H]3C2=O)[C@H](c2ccccc2)C4)c1C. The van der Waals surface area contributed by atoms with Crippen LogP contribution in [0.4, 0.5) is 5.69 Å². The van der Waals surface area contributed by atoms with Gasteiger partial charge in [-0.1, -0.05) is 46.3 Å². The second kappa shape index (κ2) is 6.03. The van der Waals surface area contributed by atoms with Crippen molar-refractivity contribution in [3.63, 3.8) is 0 Å². The molecule has 3 fully saturated rings. The smallest absolute Gasteiger partial charge is 0.238 e. The molecule has 1 aliphatic heterocycles. The number of fused-ring (bicyclic) bond motifs is 5. The van der Waals surface area contributed by atoms with Crippen LogP contribution < -0.4 is 4.90 Å². The summed E-state index contributed by atoms with van der Waals surface area (Å²) in [4.78, 5) is 28.2. The van der Waals surface area contributed by atoms with Crippen LogP contribution in [0.25, 0.3) is 0 Å². The van der Waals surface area contributed by atoms with Crippen molar-refractivity contribution in [3.8, 4) is 0 Å². The number of nitrogens with zero attached hydrogens (tertiary/aromatic N) is 1. The zero-order valence-electron chi connectivity index (χ0n) is 15.5. The molecule has 2 aromatic carbocycles. The van der Waals surface area contributed by atoms with Gasteiger partial charge in [0.1, 0.15) is 0 Å². The number of rotatable bonds is 2. The predicted molar refractivity (Wildman–Crippen MR) is 108 cm³/mol. The summed E-state index contributed by atoms with van der Waals surface area (Å²) in [5.74, 6) is 0.804. The molecule has 3 nitrogen and oxygen atoms in total. The van der Waals surface area contributed by atoms with Gasteiger partial charge in [0.25, 0.3) is 0 Å². The Labute approximate surface area is 167 Å². The highest BCUT2D eigenvalue weighted by molar-refractivity contribution is 9.10. The third-order valence-electron chi connectivity index (χ3n) is 7.18. The molecule has 4 heteroatoms. The monoisotopic (exact) mass is 423 g/mol. The molecule has 3 aliphatic rings. The van der Waals surface area contributed by atoms with E-state index in [0.29, 0.717) is 17.8 Å². The van der Waals surface area contributed by atoms with Crippen LogP contribution in [-0.2, 0) is 9.59 Å². The zero-order valence-corrected chi connectivity index (χ0v) is 17.1. The zero-order chi connectivity index (χ0) is 18.9. The second-order valence-electron chi connectivity index (χ2n) is 8.29. The molecule has 27 heavy (non-hydrogen) atoms. The lowest BCUT2D eigenvalue weighted by atomic mass is 9.73. The van der Waals surface area contributed by atoms with E-state index < -0.39 is 0 Å². The number of amides is 2. The van der Waals surface area contributed by atoms with Crippen molar-refractivity contribution in [2.75, 3.05) is 4.90 Å². The van der Waals surface area contributed by atoms with Crippen LogP contribution in [0.15, 0.2) is 46.9 Å². The minimum Gasteiger partial charge on any atom is -0.274 e. The summed E-state index contributed by atoms with van der Waals surface area (Å²) >= 11 is 3.54. The van der Waals surface area contributed by atoms with Crippen molar-refractivity contribution in [1.82, 2.24) is 0 Å². The van der Waals surface area contributed by atoms with Gasteiger partial charge in [0, 0.05) is 4.47 Å². The lowest BCUT2D eigenvalue weighted by Gasteiger charge is -2.28. The van der Waals surface area contributed by atoms with E-state index in [1.54, 1.807) is 0 Å². The van der Waals surface area contributed by atoms with Crippen LogP contribution in [0.1, 0.15) is 35.4 Å². The first-order chi connectivity index (χ1) is 13.0. The normalized spacial score (nSPS) is 31.7. The van der Waals surface area contributed by atoms with Gasteiger partial charge >= 0.3 is 0 Å². The number of carbonyl (C=O) groups excluding carboxylic acids is 2. The number of carbonyl (C=O) groups is 2. The van der Waals surface area contributed by atoms with E-state index in [1.165, 1.54) is 10.5 Å². The Balaban J connectivity index is 1.52. The molecule has 0 N–H and O–H groups in total. The molecule has 5 rings (SSSR count). The maximum Gasteiger partial charge on any atom is 0.238 e. The van der Waals surface area contributed by atoms with Crippen molar-refractivity contribution in [2.45, 2.75) is 32.6 Å². The number of benzene rings is 2. The minimum atomic E-state index is -0.148. The summed E-state index contributed by atoms with van der Waals surface area (Å²) in [5.41, 5.74) is 4.15. The predicted octanol–water partition coefficient (Wildman–Crippen LogP) is 5.00. The molecule has 0 radical (unpaired) electrons. The quantitative estimate of drug-likeness (QED) is 0.637. The first-order valence-corrected chi connectivity index (χ1v) is 10.5. The Kier molecular flexibility index (Phi) is 3.84. The Hall–Kier alpha value is -1.94. The van der Waals surface area contributed by atoms with Crippen LogP contribution >= 0.6 is 15.9 Å². The molecule has 0 aromatic heterocycles. The fraction of sp³-hybridized carbons (Fsp3) is 0.391. The molecule has 2 aromatic rings. The van der Waals surface area contributed by atoms with Crippen molar-refractivity contribution < 1.29 is 9.59 Å². The molecule has 2 saturated carbocycles. The van der Waals surface area contributed by atoms with Crippen molar-refractivity contribution in [2.24, 2.45) is 23.7 Å². The average molecular weight is 424 g/mol. The van der Waals surface area contributed by atoms with E-state index in [4.69, 9.17) is 0 Å². The summed E-state index contributed by atoms with van der Waals surface area (Å²) in [6.07, 6.45) is 2.04. The Bertz CT molecular complexity index is 954. The Morgan fingerprint density at radius 2 is 1.59 bits per heavy atom. The summed E-state index contributed by atoms with van der Waals surface area (Å²) in [6.45, 7) is 4.01. The largest absolute Gasteiger partial charge is 0.274 e. The summed E-state index contributed by atoms with van der Waals surface area (Å²) < 4.78 is 1.01. The number of hydrogen-bond acceptors (Lipinski definition) is 2. The fourth-order valence-electron chi connectivity index (χ4n) is 5.80.